The smallest absolute Gasteiger partial charge is 0.387 e. The van der Waals surface area contributed by atoms with Crippen molar-refractivity contribution in [1.29, 1.82) is 0 Å². The third-order valence-corrected chi connectivity index (χ3v) is 4.65. The highest BCUT2D eigenvalue weighted by Gasteiger charge is 2.63. The maximum Gasteiger partial charge on any atom is 0.504 e. The topological polar surface area (TPSA) is 135 Å². The van der Waals surface area contributed by atoms with Gasteiger partial charge in [-0.2, -0.15) is 0 Å². The molecule has 0 aliphatic carbocycles. The number of nitrogens with zero attached hydrogens (tertiary/aromatic N) is 4. The van der Waals surface area contributed by atoms with E-state index in [1.807, 2.05) is 0 Å². The van der Waals surface area contributed by atoms with Gasteiger partial charge in [-0.05, 0) is 4.57 Å². The van der Waals surface area contributed by atoms with Crippen LogP contribution in [0.4, 0.5) is 5.82 Å². The summed E-state index contributed by atoms with van der Waals surface area (Å²) in [4.78, 5) is 12.2. The van der Waals surface area contributed by atoms with Gasteiger partial charge in [0.1, 0.15) is 30.7 Å². The number of hydrogen-bond acceptors (Lipinski definition) is 9. The fourth-order valence-electron chi connectivity index (χ4n) is 3.00. The van der Waals surface area contributed by atoms with Crippen LogP contribution in [0, 0.1) is 0 Å². The van der Waals surface area contributed by atoms with Crippen LogP contribution in [0.2, 0.25) is 0 Å². The lowest BCUT2D eigenvalue weighted by molar-refractivity contribution is -0.182. The van der Waals surface area contributed by atoms with Crippen molar-refractivity contribution >= 4 is 25.0 Å². The number of ether oxygens (including phenoxy) is 2. The molecule has 2 fully saturated rings. The second-order valence-corrected chi connectivity index (χ2v) is 6.73. The molecular formula is C12H15N5O5P+. The fraction of sp³-hybridized carbons (Fsp3) is 0.583. The maximum atomic E-state index is 11.2. The lowest BCUT2D eigenvalue weighted by Gasteiger charge is -2.29. The van der Waals surface area contributed by atoms with Gasteiger partial charge in [-0.15, -0.1) is 4.52 Å². The molecule has 122 valence electrons. The standard InChI is InChI=1S/C12H15N5O5P/c1-23(19)21-3-12-2-20-7(8(12)18)11(22-12)17-5-16-6-9(13)14-4-15-10(6)17/h4-5,7-8,11,18H,2-3H2,1H3,(H2,13,14,15)/q+1/t7-,8+,11-,12-/m1/s1. The number of aliphatic hydroxyl groups excluding tert-OH is 1. The molecule has 0 spiro atoms. The van der Waals surface area contributed by atoms with Crippen LogP contribution in [0.3, 0.4) is 0 Å². The van der Waals surface area contributed by atoms with Crippen molar-refractivity contribution in [2.45, 2.75) is 24.0 Å². The Morgan fingerprint density at radius 2 is 2.39 bits per heavy atom. The van der Waals surface area contributed by atoms with E-state index in [1.54, 1.807) is 4.57 Å². The number of nitrogen functional groups attached to an aromatic ring is 1. The maximum absolute atomic E-state index is 11.2. The van der Waals surface area contributed by atoms with Gasteiger partial charge >= 0.3 is 8.03 Å². The van der Waals surface area contributed by atoms with Crippen molar-refractivity contribution in [1.82, 2.24) is 19.5 Å². The largest absolute Gasteiger partial charge is 0.504 e. The lowest BCUT2D eigenvalue weighted by atomic mass is 10.0. The number of aromatic nitrogens is 4. The van der Waals surface area contributed by atoms with Gasteiger partial charge in [0, 0.05) is 0 Å². The molecule has 1 unspecified atom stereocenters. The van der Waals surface area contributed by atoms with Gasteiger partial charge in [-0.1, -0.05) is 0 Å². The first-order chi connectivity index (χ1) is 11.0. The SMILES string of the molecule is C[P+](=O)OC[C@@]12CO[C@@H]([C@H](n3cnc4c(N)ncnc43)O1)[C@@H]2O. The molecule has 5 atom stereocenters. The molecule has 2 saturated heterocycles. The van der Waals surface area contributed by atoms with E-state index in [9.17, 15) is 9.67 Å². The van der Waals surface area contributed by atoms with E-state index >= 15 is 0 Å². The molecule has 2 aliphatic rings. The zero-order chi connectivity index (χ0) is 16.2. The van der Waals surface area contributed by atoms with E-state index in [0.717, 1.165) is 0 Å². The molecule has 0 radical (unpaired) electrons. The number of imidazole rings is 1. The summed E-state index contributed by atoms with van der Waals surface area (Å²) in [5.41, 5.74) is 5.67. The molecule has 4 rings (SSSR count). The first-order valence-electron chi connectivity index (χ1n) is 6.96. The Morgan fingerprint density at radius 3 is 3.17 bits per heavy atom. The van der Waals surface area contributed by atoms with E-state index in [2.05, 4.69) is 15.0 Å². The summed E-state index contributed by atoms with van der Waals surface area (Å²) in [5.74, 6) is 0.263. The normalized spacial score (nSPS) is 33.5. The van der Waals surface area contributed by atoms with Gasteiger partial charge < -0.3 is 20.3 Å². The summed E-state index contributed by atoms with van der Waals surface area (Å²) >= 11 is 0. The molecule has 3 N–H and O–H groups in total. The van der Waals surface area contributed by atoms with Crippen LogP contribution in [0.1, 0.15) is 6.23 Å². The predicted octanol–water partition coefficient (Wildman–Crippen LogP) is -0.175. The third kappa shape index (κ3) is 2.14. The zero-order valence-corrected chi connectivity index (χ0v) is 13.1. The third-order valence-electron chi connectivity index (χ3n) is 4.16. The Bertz CT molecular complexity index is 784. The number of fused-ring (bicyclic) bond motifs is 3. The number of nitrogens with two attached hydrogens (primary N) is 1. The molecule has 2 bridgehead atoms. The molecule has 10 nitrogen and oxygen atoms in total. The average molecular weight is 340 g/mol. The van der Waals surface area contributed by atoms with Crippen molar-refractivity contribution in [2.75, 3.05) is 25.6 Å². The van der Waals surface area contributed by atoms with Gasteiger partial charge in [0.15, 0.2) is 30.0 Å². The predicted molar refractivity (Wildman–Crippen MR) is 77.8 cm³/mol. The van der Waals surface area contributed by atoms with E-state index < -0.39 is 32.1 Å². The van der Waals surface area contributed by atoms with Crippen molar-refractivity contribution in [3.63, 3.8) is 0 Å². The van der Waals surface area contributed by atoms with Crippen LogP contribution in [0.15, 0.2) is 12.7 Å². The zero-order valence-electron chi connectivity index (χ0n) is 12.2. The van der Waals surface area contributed by atoms with E-state index in [0.29, 0.717) is 11.2 Å². The van der Waals surface area contributed by atoms with E-state index in [1.165, 1.54) is 19.3 Å². The molecule has 0 saturated carbocycles. The highest BCUT2D eigenvalue weighted by Crippen LogP contribution is 2.46. The highest BCUT2D eigenvalue weighted by molar-refractivity contribution is 7.38. The summed E-state index contributed by atoms with van der Waals surface area (Å²) in [6, 6.07) is 0. The molecule has 4 heterocycles. The first-order valence-corrected chi connectivity index (χ1v) is 8.58. The summed E-state index contributed by atoms with van der Waals surface area (Å²) in [6.07, 6.45) is 0.727. The van der Waals surface area contributed by atoms with Crippen LogP contribution in [-0.2, 0) is 18.6 Å². The molecular weight excluding hydrogens is 325 g/mol. The Kier molecular flexibility index (Phi) is 3.33. The fourth-order valence-corrected chi connectivity index (χ4v) is 3.40. The highest BCUT2D eigenvalue weighted by atomic mass is 31.1. The van der Waals surface area contributed by atoms with Crippen LogP contribution >= 0.6 is 8.03 Å². The van der Waals surface area contributed by atoms with Crippen molar-refractivity contribution in [2.24, 2.45) is 0 Å². The minimum Gasteiger partial charge on any atom is -0.387 e. The number of aliphatic hydroxyl groups is 1. The van der Waals surface area contributed by atoms with Gasteiger partial charge in [0.05, 0.1) is 12.9 Å². The molecule has 0 aromatic carbocycles. The Labute approximate surface area is 131 Å². The van der Waals surface area contributed by atoms with E-state index in [4.69, 9.17) is 19.7 Å². The average Bonchev–Trinajstić information content (AvgIpc) is 3.16. The van der Waals surface area contributed by atoms with Gasteiger partial charge in [-0.3, -0.25) is 4.57 Å². The second kappa shape index (κ2) is 5.15. The second-order valence-electron chi connectivity index (χ2n) is 5.59. The summed E-state index contributed by atoms with van der Waals surface area (Å²) < 4.78 is 29.7. The molecule has 11 heteroatoms. The van der Waals surface area contributed by atoms with Crippen LogP contribution < -0.4 is 5.73 Å². The number of anilines is 1. The quantitative estimate of drug-likeness (QED) is 0.727. The van der Waals surface area contributed by atoms with E-state index in [-0.39, 0.29) is 19.0 Å². The molecule has 2 aromatic heterocycles. The summed E-state index contributed by atoms with van der Waals surface area (Å²) in [6.45, 7) is 1.60. The van der Waals surface area contributed by atoms with Gasteiger partial charge in [0.2, 0.25) is 0 Å². The minimum atomic E-state index is -1.80. The Morgan fingerprint density at radius 1 is 1.57 bits per heavy atom. The summed E-state index contributed by atoms with van der Waals surface area (Å²) in [5, 5.41) is 10.5. The molecule has 23 heavy (non-hydrogen) atoms. The Balaban J connectivity index is 1.68. The number of hydrogen-bond donors (Lipinski definition) is 2. The van der Waals surface area contributed by atoms with Crippen molar-refractivity contribution < 1.29 is 23.7 Å². The van der Waals surface area contributed by atoms with Crippen LogP contribution in [-0.4, -0.2) is 62.3 Å². The van der Waals surface area contributed by atoms with Crippen molar-refractivity contribution in [3.8, 4) is 0 Å². The van der Waals surface area contributed by atoms with Gasteiger partial charge in [0.25, 0.3) is 0 Å². The van der Waals surface area contributed by atoms with Crippen LogP contribution in [0.5, 0.6) is 0 Å². The molecule has 0 amide bonds. The van der Waals surface area contributed by atoms with Crippen molar-refractivity contribution in [3.05, 3.63) is 12.7 Å². The molecule has 2 aliphatic heterocycles. The number of rotatable bonds is 4. The Hall–Kier alpha value is -1.71. The minimum absolute atomic E-state index is 0.0172. The van der Waals surface area contributed by atoms with Gasteiger partial charge in [-0.25, -0.2) is 15.0 Å². The first kappa shape index (κ1) is 14.9. The summed E-state index contributed by atoms with van der Waals surface area (Å²) in [7, 11) is -1.80. The monoisotopic (exact) mass is 340 g/mol. The lowest BCUT2D eigenvalue weighted by Crippen LogP contribution is -2.44. The molecule has 2 aromatic rings. The van der Waals surface area contributed by atoms with Crippen LogP contribution in [0.25, 0.3) is 11.2 Å².